The van der Waals surface area contributed by atoms with Gasteiger partial charge in [-0.05, 0) is 26.7 Å². The fourth-order valence-corrected chi connectivity index (χ4v) is 2.21. The quantitative estimate of drug-likeness (QED) is 0.835. The number of rotatable bonds is 6. The zero-order chi connectivity index (χ0) is 14.0. The van der Waals surface area contributed by atoms with Crippen LogP contribution in [0.2, 0.25) is 0 Å². The van der Waals surface area contributed by atoms with Gasteiger partial charge in [-0.2, -0.15) is 5.10 Å². The molecule has 1 amide bonds. The second-order valence-electron chi connectivity index (χ2n) is 4.89. The second-order valence-corrected chi connectivity index (χ2v) is 4.89. The number of carbonyl (C=O) groups excluding carboxylic acids is 1. The number of ether oxygens (including phenoxy) is 1. The number of nitrogen functional groups attached to an aromatic ring is 1. The number of carbonyl (C=O) groups is 1. The minimum Gasteiger partial charge on any atom is -0.395 e. The van der Waals surface area contributed by atoms with E-state index in [0.717, 1.165) is 12.8 Å². The van der Waals surface area contributed by atoms with Crippen LogP contribution in [0.3, 0.4) is 0 Å². The van der Waals surface area contributed by atoms with Crippen molar-refractivity contribution in [3.05, 3.63) is 11.4 Å². The van der Waals surface area contributed by atoms with Crippen LogP contribution in [0.1, 0.15) is 35.9 Å². The Hall–Kier alpha value is -1.56. The zero-order valence-electron chi connectivity index (χ0n) is 11.8. The molecule has 2 N–H and O–H groups in total. The van der Waals surface area contributed by atoms with Crippen LogP contribution in [0.5, 0.6) is 0 Å². The predicted molar refractivity (Wildman–Crippen MR) is 73.0 cm³/mol. The van der Waals surface area contributed by atoms with Crippen molar-refractivity contribution in [3.8, 4) is 0 Å². The Bertz CT molecular complexity index is 465. The highest BCUT2D eigenvalue weighted by Gasteiger charge is 2.35. The number of aromatic nitrogens is 2. The van der Waals surface area contributed by atoms with Crippen molar-refractivity contribution >= 4 is 11.6 Å². The van der Waals surface area contributed by atoms with E-state index in [0.29, 0.717) is 42.8 Å². The van der Waals surface area contributed by atoms with Gasteiger partial charge in [0, 0.05) is 26.2 Å². The van der Waals surface area contributed by atoms with Crippen molar-refractivity contribution in [1.82, 2.24) is 14.7 Å². The average molecular weight is 266 g/mol. The van der Waals surface area contributed by atoms with Crippen molar-refractivity contribution in [2.45, 2.75) is 39.3 Å². The average Bonchev–Trinajstić information content (AvgIpc) is 3.18. The Labute approximate surface area is 113 Å². The first kappa shape index (κ1) is 13.9. The minimum absolute atomic E-state index is 0.0282. The first-order chi connectivity index (χ1) is 9.10. The lowest BCUT2D eigenvalue weighted by atomic mass is 10.2. The molecule has 1 fully saturated rings. The summed E-state index contributed by atoms with van der Waals surface area (Å²) in [6.45, 7) is 5.57. The Kier molecular flexibility index (Phi) is 4.09. The molecule has 0 spiro atoms. The molecule has 0 radical (unpaired) electrons. The molecule has 6 nitrogen and oxygen atoms in total. The molecule has 1 heterocycles. The number of anilines is 1. The van der Waals surface area contributed by atoms with Crippen LogP contribution in [0.4, 0.5) is 5.69 Å². The van der Waals surface area contributed by atoms with Crippen molar-refractivity contribution in [2.75, 3.05) is 26.0 Å². The summed E-state index contributed by atoms with van der Waals surface area (Å²) in [5.74, 6) is -0.0282. The first-order valence-corrected chi connectivity index (χ1v) is 6.72. The molecule has 0 bridgehead atoms. The fraction of sp³-hybridized carbons (Fsp3) is 0.692. The van der Waals surface area contributed by atoms with E-state index in [1.807, 2.05) is 18.7 Å². The van der Waals surface area contributed by atoms with Crippen LogP contribution >= 0.6 is 0 Å². The van der Waals surface area contributed by atoms with E-state index < -0.39 is 0 Å². The molecule has 1 aromatic heterocycles. The SMILES string of the molecule is CCn1nc(C)c(N)c1C(=O)N(CCOC)C1CC1. The second kappa shape index (κ2) is 5.61. The molecular formula is C13H22N4O2. The van der Waals surface area contributed by atoms with Crippen LogP contribution in [0.15, 0.2) is 0 Å². The van der Waals surface area contributed by atoms with Crippen molar-refractivity contribution < 1.29 is 9.53 Å². The summed E-state index contributed by atoms with van der Waals surface area (Å²) in [6.07, 6.45) is 2.13. The third-order valence-electron chi connectivity index (χ3n) is 3.46. The topological polar surface area (TPSA) is 73.4 Å². The van der Waals surface area contributed by atoms with E-state index in [4.69, 9.17) is 10.5 Å². The van der Waals surface area contributed by atoms with Crippen LogP contribution in [0.25, 0.3) is 0 Å². The molecule has 6 heteroatoms. The molecule has 0 unspecified atom stereocenters. The maximum atomic E-state index is 12.7. The maximum Gasteiger partial charge on any atom is 0.274 e. The number of methoxy groups -OCH3 is 1. The monoisotopic (exact) mass is 266 g/mol. The number of amides is 1. The Morgan fingerprint density at radius 3 is 2.79 bits per heavy atom. The van der Waals surface area contributed by atoms with E-state index >= 15 is 0 Å². The van der Waals surface area contributed by atoms with E-state index in [9.17, 15) is 4.79 Å². The van der Waals surface area contributed by atoms with E-state index in [2.05, 4.69) is 5.10 Å². The van der Waals surface area contributed by atoms with Gasteiger partial charge < -0.3 is 15.4 Å². The highest BCUT2D eigenvalue weighted by molar-refractivity contribution is 5.98. The van der Waals surface area contributed by atoms with Gasteiger partial charge in [0.15, 0.2) is 0 Å². The molecule has 1 aromatic rings. The summed E-state index contributed by atoms with van der Waals surface area (Å²) in [7, 11) is 1.64. The van der Waals surface area contributed by atoms with Gasteiger partial charge in [0.05, 0.1) is 18.0 Å². The van der Waals surface area contributed by atoms with E-state index in [-0.39, 0.29) is 5.91 Å². The van der Waals surface area contributed by atoms with Gasteiger partial charge in [-0.15, -0.1) is 0 Å². The van der Waals surface area contributed by atoms with Gasteiger partial charge in [0.2, 0.25) is 0 Å². The molecule has 1 saturated carbocycles. The minimum atomic E-state index is -0.0282. The maximum absolute atomic E-state index is 12.7. The first-order valence-electron chi connectivity index (χ1n) is 6.72. The lowest BCUT2D eigenvalue weighted by Crippen LogP contribution is -2.37. The van der Waals surface area contributed by atoms with E-state index in [1.54, 1.807) is 11.8 Å². The summed E-state index contributed by atoms with van der Waals surface area (Å²) in [6, 6.07) is 0.336. The normalized spacial score (nSPS) is 14.7. The van der Waals surface area contributed by atoms with Gasteiger partial charge >= 0.3 is 0 Å². The summed E-state index contributed by atoms with van der Waals surface area (Å²) in [5.41, 5.74) is 7.73. The van der Waals surface area contributed by atoms with Crippen LogP contribution in [0, 0.1) is 6.92 Å². The number of hydrogen-bond donors (Lipinski definition) is 1. The van der Waals surface area contributed by atoms with E-state index in [1.165, 1.54) is 0 Å². The molecule has 0 aliphatic heterocycles. The molecular weight excluding hydrogens is 244 g/mol. The lowest BCUT2D eigenvalue weighted by molar-refractivity contribution is 0.0669. The summed E-state index contributed by atoms with van der Waals surface area (Å²) in [4.78, 5) is 14.5. The number of nitrogens with two attached hydrogens (primary N) is 1. The van der Waals surface area contributed by atoms with Crippen LogP contribution in [-0.2, 0) is 11.3 Å². The largest absolute Gasteiger partial charge is 0.395 e. The van der Waals surface area contributed by atoms with Gasteiger partial charge in [-0.1, -0.05) is 0 Å². The number of nitrogens with zero attached hydrogens (tertiary/aromatic N) is 3. The molecule has 1 aliphatic rings. The summed E-state index contributed by atoms with van der Waals surface area (Å²) in [5, 5.41) is 4.31. The van der Waals surface area contributed by atoms with Crippen molar-refractivity contribution in [2.24, 2.45) is 0 Å². The molecule has 2 rings (SSSR count). The lowest BCUT2D eigenvalue weighted by Gasteiger charge is -2.22. The Morgan fingerprint density at radius 1 is 1.58 bits per heavy atom. The van der Waals surface area contributed by atoms with Gasteiger partial charge in [0.1, 0.15) is 5.69 Å². The highest BCUT2D eigenvalue weighted by Crippen LogP contribution is 2.29. The Morgan fingerprint density at radius 2 is 2.26 bits per heavy atom. The third-order valence-corrected chi connectivity index (χ3v) is 3.46. The summed E-state index contributed by atoms with van der Waals surface area (Å²) < 4.78 is 6.77. The van der Waals surface area contributed by atoms with Crippen molar-refractivity contribution in [3.63, 3.8) is 0 Å². The molecule has 0 aromatic carbocycles. The summed E-state index contributed by atoms with van der Waals surface area (Å²) >= 11 is 0. The molecule has 106 valence electrons. The Balaban J connectivity index is 2.25. The zero-order valence-corrected chi connectivity index (χ0v) is 11.8. The number of hydrogen-bond acceptors (Lipinski definition) is 4. The molecule has 0 saturated heterocycles. The van der Waals surface area contributed by atoms with Crippen LogP contribution < -0.4 is 5.73 Å². The third kappa shape index (κ3) is 2.73. The standard InChI is InChI=1S/C13H22N4O2/c1-4-17-12(11(14)9(2)15-17)13(18)16(7-8-19-3)10-5-6-10/h10H,4-8,14H2,1-3H3. The molecule has 19 heavy (non-hydrogen) atoms. The van der Waals surface area contributed by atoms with Gasteiger partial charge in [-0.3, -0.25) is 9.48 Å². The van der Waals surface area contributed by atoms with Crippen LogP contribution in [-0.4, -0.2) is 46.9 Å². The smallest absolute Gasteiger partial charge is 0.274 e. The highest BCUT2D eigenvalue weighted by atomic mass is 16.5. The predicted octanol–water partition coefficient (Wildman–Crippen LogP) is 1.04. The number of aryl methyl sites for hydroxylation is 2. The van der Waals surface area contributed by atoms with Gasteiger partial charge in [0.25, 0.3) is 5.91 Å². The fourth-order valence-electron chi connectivity index (χ4n) is 2.21. The van der Waals surface area contributed by atoms with Gasteiger partial charge in [-0.25, -0.2) is 0 Å². The van der Waals surface area contributed by atoms with Crippen molar-refractivity contribution in [1.29, 1.82) is 0 Å². The molecule has 1 aliphatic carbocycles. The molecule has 0 atom stereocenters.